The third kappa shape index (κ3) is 1.82. The number of benzene rings is 1. The quantitative estimate of drug-likeness (QED) is 0.822. The minimum Gasteiger partial charge on any atom is -0.454 e. The lowest BCUT2D eigenvalue weighted by atomic mass is 10.3. The van der Waals surface area contributed by atoms with Crippen LogP contribution in [0.4, 0.5) is 5.69 Å². The SMILES string of the molecule is O=C(CBr)Nc1ccc2c(c1)OCO2. The molecule has 1 aliphatic heterocycles. The van der Waals surface area contributed by atoms with E-state index >= 15 is 0 Å². The molecule has 0 radical (unpaired) electrons. The maximum absolute atomic E-state index is 11.1. The molecule has 0 saturated heterocycles. The molecule has 1 aliphatic rings. The first kappa shape index (κ1) is 9.33. The van der Waals surface area contributed by atoms with Gasteiger partial charge in [0.2, 0.25) is 12.7 Å². The van der Waals surface area contributed by atoms with Crippen molar-refractivity contribution in [1.82, 2.24) is 0 Å². The maximum atomic E-state index is 11.1. The second-order valence-corrected chi connectivity index (χ2v) is 3.31. The molecule has 1 amide bonds. The van der Waals surface area contributed by atoms with Gasteiger partial charge in [0.15, 0.2) is 11.5 Å². The number of hydrogen-bond acceptors (Lipinski definition) is 3. The average Bonchev–Trinajstić information content (AvgIpc) is 2.64. The first-order valence-corrected chi connectivity index (χ1v) is 5.17. The van der Waals surface area contributed by atoms with E-state index in [9.17, 15) is 4.79 Å². The van der Waals surface area contributed by atoms with Crippen LogP contribution in [0.25, 0.3) is 0 Å². The number of halogens is 1. The van der Waals surface area contributed by atoms with Crippen LogP contribution in [0.5, 0.6) is 11.5 Å². The Morgan fingerprint density at radius 3 is 3.00 bits per heavy atom. The highest BCUT2D eigenvalue weighted by atomic mass is 79.9. The molecular weight excluding hydrogens is 250 g/mol. The maximum Gasteiger partial charge on any atom is 0.235 e. The third-order valence-electron chi connectivity index (χ3n) is 1.78. The first-order valence-electron chi connectivity index (χ1n) is 4.05. The largest absolute Gasteiger partial charge is 0.454 e. The molecule has 0 aromatic heterocycles. The molecule has 1 heterocycles. The topological polar surface area (TPSA) is 47.6 Å². The molecule has 14 heavy (non-hydrogen) atoms. The Morgan fingerprint density at radius 1 is 1.43 bits per heavy atom. The lowest BCUT2D eigenvalue weighted by Gasteiger charge is -2.03. The average molecular weight is 258 g/mol. The summed E-state index contributed by atoms with van der Waals surface area (Å²) in [4.78, 5) is 11.1. The zero-order valence-corrected chi connectivity index (χ0v) is 8.83. The van der Waals surface area contributed by atoms with Gasteiger partial charge in [0.05, 0.1) is 5.33 Å². The summed E-state index contributed by atoms with van der Waals surface area (Å²) < 4.78 is 10.3. The van der Waals surface area contributed by atoms with Crippen molar-refractivity contribution in [2.24, 2.45) is 0 Å². The van der Waals surface area contributed by atoms with Crippen molar-refractivity contribution in [3.8, 4) is 11.5 Å². The van der Waals surface area contributed by atoms with E-state index in [1.165, 1.54) is 0 Å². The van der Waals surface area contributed by atoms with Gasteiger partial charge >= 0.3 is 0 Å². The van der Waals surface area contributed by atoms with E-state index in [1.807, 2.05) is 0 Å². The van der Waals surface area contributed by atoms with Crippen LogP contribution in [0, 0.1) is 0 Å². The fourth-order valence-corrected chi connectivity index (χ4v) is 1.31. The van der Waals surface area contributed by atoms with Crippen molar-refractivity contribution < 1.29 is 14.3 Å². The minimum absolute atomic E-state index is 0.0936. The molecule has 2 rings (SSSR count). The van der Waals surface area contributed by atoms with Crippen molar-refractivity contribution >= 4 is 27.5 Å². The number of hydrogen-bond donors (Lipinski definition) is 1. The Labute approximate surface area is 89.3 Å². The Balaban J connectivity index is 2.16. The standard InChI is InChI=1S/C9H8BrNO3/c10-4-9(12)11-6-1-2-7-8(3-6)14-5-13-7/h1-3H,4-5H2,(H,11,12). The van der Waals surface area contributed by atoms with Crippen LogP contribution >= 0.6 is 15.9 Å². The van der Waals surface area contributed by atoms with Crippen LogP contribution < -0.4 is 14.8 Å². The van der Waals surface area contributed by atoms with E-state index < -0.39 is 0 Å². The van der Waals surface area contributed by atoms with Crippen molar-refractivity contribution in [2.75, 3.05) is 17.4 Å². The summed E-state index contributed by atoms with van der Waals surface area (Å²) in [6, 6.07) is 5.28. The molecule has 0 aliphatic carbocycles. The highest BCUT2D eigenvalue weighted by Gasteiger charge is 2.13. The molecule has 1 aromatic rings. The second kappa shape index (κ2) is 3.88. The zero-order valence-electron chi connectivity index (χ0n) is 7.25. The van der Waals surface area contributed by atoms with Crippen molar-refractivity contribution in [1.29, 1.82) is 0 Å². The summed E-state index contributed by atoms with van der Waals surface area (Å²) in [5.74, 6) is 1.28. The first-order chi connectivity index (χ1) is 6.79. The van der Waals surface area contributed by atoms with E-state index in [4.69, 9.17) is 9.47 Å². The van der Waals surface area contributed by atoms with Crippen molar-refractivity contribution in [2.45, 2.75) is 0 Å². The van der Waals surface area contributed by atoms with Crippen molar-refractivity contribution in [3.63, 3.8) is 0 Å². The summed E-state index contributed by atoms with van der Waals surface area (Å²) in [6.45, 7) is 0.241. The van der Waals surface area contributed by atoms with Gasteiger partial charge in [-0.15, -0.1) is 0 Å². The number of fused-ring (bicyclic) bond motifs is 1. The van der Waals surface area contributed by atoms with Gasteiger partial charge in [-0.3, -0.25) is 4.79 Å². The number of rotatable bonds is 2. The number of amides is 1. The molecule has 0 saturated carbocycles. The van der Waals surface area contributed by atoms with E-state index in [-0.39, 0.29) is 18.0 Å². The highest BCUT2D eigenvalue weighted by molar-refractivity contribution is 9.09. The third-order valence-corrected chi connectivity index (χ3v) is 2.29. The van der Waals surface area contributed by atoms with Gasteiger partial charge in [0.1, 0.15) is 0 Å². The Morgan fingerprint density at radius 2 is 2.21 bits per heavy atom. The smallest absolute Gasteiger partial charge is 0.235 e. The van der Waals surface area contributed by atoms with Crippen LogP contribution in [-0.4, -0.2) is 18.0 Å². The fraction of sp³-hybridized carbons (Fsp3) is 0.222. The van der Waals surface area contributed by atoms with E-state index in [1.54, 1.807) is 18.2 Å². The van der Waals surface area contributed by atoms with Gasteiger partial charge in [0, 0.05) is 11.8 Å². The molecule has 74 valence electrons. The Kier molecular flexibility index (Phi) is 2.58. The van der Waals surface area contributed by atoms with Gasteiger partial charge in [-0.1, -0.05) is 15.9 Å². The number of carbonyl (C=O) groups is 1. The predicted octanol–water partition coefficient (Wildman–Crippen LogP) is 1.75. The van der Waals surface area contributed by atoms with Crippen LogP contribution in [0.2, 0.25) is 0 Å². The molecule has 0 unspecified atom stereocenters. The molecule has 0 bridgehead atoms. The van der Waals surface area contributed by atoms with Gasteiger partial charge in [-0.25, -0.2) is 0 Å². The van der Waals surface area contributed by atoms with Crippen LogP contribution in [0.3, 0.4) is 0 Å². The number of anilines is 1. The Hall–Kier alpha value is -1.23. The van der Waals surface area contributed by atoms with Gasteiger partial charge in [0.25, 0.3) is 0 Å². The van der Waals surface area contributed by atoms with E-state index in [0.29, 0.717) is 17.2 Å². The molecular formula is C9H8BrNO3. The van der Waals surface area contributed by atoms with E-state index in [0.717, 1.165) is 0 Å². The van der Waals surface area contributed by atoms with Crippen molar-refractivity contribution in [3.05, 3.63) is 18.2 Å². The van der Waals surface area contributed by atoms with Gasteiger partial charge in [-0.2, -0.15) is 0 Å². The summed E-state index contributed by atoms with van der Waals surface area (Å²) in [6.07, 6.45) is 0. The van der Waals surface area contributed by atoms with Crippen LogP contribution in [0.1, 0.15) is 0 Å². The number of ether oxygens (including phenoxy) is 2. The number of nitrogens with one attached hydrogen (secondary N) is 1. The monoisotopic (exact) mass is 257 g/mol. The lowest BCUT2D eigenvalue weighted by molar-refractivity contribution is -0.113. The predicted molar refractivity (Wildman–Crippen MR) is 55.0 cm³/mol. The molecule has 1 aromatic carbocycles. The Bertz CT molecular complexity index is 367. The normalized spacial score (nSPS) is 12.6. The lowest BCUT2D eigenvalue weighted by Crippen LogP contribution is -2.11. The number of alkyl halides is 1. The van der Waals surface area contributed by atoms with Gasteiger partial charge < -0.3 is 14.8 Å². The zero-order chi connectivity index (χ0) is 9.97. The summed E-state index contributed by atoms with van der Waals surface area (Å²) >= 11 is 3.07. The summed E-state index contributed by atoms with van der Waals surface area (Å²) in [7, 11) is 0. The van der Waals surface area contributed by atoms with Crippen LogP contribution in [-0.2, 0) is 4.79 Å². The molecule has 0 atom stereocenters. The molecule has 1 N–H and O–H groups in total. The highest BCUT2D eigenvalue weighted by Crippen LogP contribution is 2.34. The molecule has 0 spiro atoms. The minimum atomic E-state index is -0.0936. The van der Waals surface area contributed by atoms with Gasteiger partial charge in [-0.05, 0) is 12.1 Å². The fourth-order valence-electron chi connectivity index (χ4n) is 1.17. The van der Waals surface area contributed by atoms with Crippen LogP contribution in [0.15, 0.2) is 18.2 Å². The second-order valence-electron chi connectivity index (χ2n) is 2.75. The number of carbonyl (C=O) groups excluding carboxylic acids is 1. The molecule has 0 fully saturated rings. The summed E-state index contributed by atoms with van der Waals surface area (Å²) in [5, 5.41) is 2.98. The molecule has 5 heteroatoms. The molecule has 4 nitrogen and oxygen atoms in total. The van der Waals surface area contributed by atoms with E-state index in [2.05, 4.69) is 21.2 Å². The summed E-state index contributed by atoms with van der Waals surface area (Å²) in [5.41, 5.74) is 0.707.